The Kier molecular flexibility index (Phi) is 5.61. The Balaban J connectivity index is 1.37. The van der Waals surface area contributed by atoms with Crippen LogP contribution in [0.1, 0.15) is 48.0 Å². The first kappa shape index (κ1) is 20.6. The zero-order chi connectivity index (χ0) is 22.1. The van der Waals surface area contributed by atoms with E-state index in [1.165, 1.54) is 12.6 Å². The van der Waals surface area contributed by atoms with Crippen molar-refractivity contribution in [3.8, 4) is 0 Å². The highest BCUT2D eigenvalue weighted by atomic mass is 32.2. The van der Waals surface area contributed by atoms with Gasteiger partial charge in [0.1, 0.15) is 11.2 Å². The van der Waals surface area contributed by atoms with Crippen molar-refractivity contribution in [3.63, 3.8) is 0 Å². The summed E-state index contributed by atoms with van der Waals surface area (Å²) in [6.45, 7) is 0. The third-order valence-electron chi connectivity index (χ3n) is 6.04. The van der Waals surface area contributed by atoms with E-state index in [1.807, 2.05) is 24.3 Å². The quantitative estimate of drug-likeness (QED) is 0.482. The molecule has 7 nitrogen and oxygen atoms in total. The maximum Gasteiger partial charge on any atom is 0.261 e. The highest BCUT2D eigenvalue weighted by molar-refractivity contribution is 7.84. The first-order valence-corrected chi connectivity index (χ1v) is 12.2. The van der Waals surface area contributed by atoms with E-state index in [9.17, 15) is 13.8 Å². The number of nitrogens with zero attached hydrogens (tertiary/aromatic N) is 2. The van der Waals surface area contributed by atoms with Crippen LogP contribution < -0.4 is 10.9 Å². The molecule has 0 saturated heterocycles. The molecular weight excluding hydrogens is 424 g/mol. The molecule has 0 aliphatic heterocycles. The van der Waals surface area contributed by atoms with E-state index in [4.69, 9.17) is 0 Å². The fourth-order valence-corrected chi connectivity index (χ4v) is 5.99. The van der Waals surface area contributed by atoms with Crippen molar-refractivity contribution >= 4 is 38.9 Å². The van der Waals surface area contributed by atoms with Crippen molar-refractivity contribution in [3.05, 3.63) is 76.2 Å². The molecule has 2 heterocycles. The number of carbonyl (C=O) groups is 1. The van der Waals surface area contributed by atoms with E-state index in [-0.39, 0.29) is 22.3 Å². The molecule has 2 aromatic carbocycles. The number of carbonyl (C=O) groups excluding carboxylic acids is 1. The maximum absolute atomic E-state index is 13.0. The largest absolute Gasteiger partial charge is 0.322 e. The molecule has 1 atom stereocenters. The standard InChI is InChI=1S/C24H24N4O3S/c29-23-19-11-4-5-12-21(19)28-22(27-23)20(14-25-28)24(30)26-17-8-6-7-16(13-17)15-32(31)18-9-2-1-3-10-18/h4-8,11-14,18H,1-3,9-10,15H2,(H,26,30)(H,27,29). The summed E-state index contributed by atoms with van der Waals surface area (Å²) in [5, 5.41) is 7.97. The van der Waals surface area contributed by atoms with E-state index in [2.05, 4.69) is 15.4 Å². The molecule has 1 saturated carbocycles. The number of amides is 1. The number of H-pyrrole nitrogens is 1. The van der Waals surface area contributed by atoms with Crippen molar-refractivity contribution < 1.29 is 9.00 Å². The van der Waals surface area contributed by atoms with Gasteiger partial charge in [0, 0.05) is 27.5 Å². The summed E-state index contributed by atoms with van der Waals surface area (Å²) in [5.41, 5.74) is 2.55. The summed E-state index contributed by atoms with van der Waals surface area (Å²) in [5.74, 6) is 0.126. The van der Waals surface area contributed by atoms with Gasteiger partial charge in [0.25, 0.3) is 11.5 Å². The molecule has 5 rings (SSSR count). The molecule has 0 bridgehead atoms. The second kappa shape index (κ2) is 8.70. The zero-order valence-corrected chi connectivity index (χ0v) is 18.4. The Morgan fingerprint density at radius 1 is 1.12 bits per heavy atom. The van der Waals surface area contributed by atoms with Gasteiger partial charge >= 0.3 is 0 Å². The van der Waals surface area contributed by atoms with Gasteiger partial charge in [-0.2, -0.15) is 5.10 Å². The smallest absolute Gasteiger partial charge is 0.261 e. The summed E-state index contributed by atoms with van der Waals surface area (Å²) in [7, 11) is -0.908. The molecule has 1 aliphatic carbocycles. The van der Waals surface area contributed by atoms with E-state index >= 15 is 0 Å². The molecule has 32 heavy (non-hydrogen) atoms. The predicted octanol–water partition coefficient (Wildman–Crippen LogP) is 4.01. The van der Waals surface area contributed by atoms with Gasteiger partial charge in [0.15, 0.2) is 0 Å². The number of para-hydroxylation sites is 1. The van der Waals surface area contributed by atoms with Crippen LogP contribution in [0.5, 0.6) is 0 Å². The van der Waals surface area contributed by atoms with Gasteiger partial charge in [-0.05, 0) is 42.7 Å². The van der Waals surface area contributed by atoms with Gasteiger partial charge < -0.3 is 10.3 Å². The summed E-state index contributed by atoms with van der Waals surface area (Å²) < 4.78 is 14.3. The summed E-state index contributed by atoms with van der Waals surface area (Å²) in [6.07, 6.45) is 7.07. The van der Waals surface area contributed by atoms with Crippen molar-refractivity contribution in [1.29, 1.82) is 0 Å². The predicted molar refractivity (Wildman–Crippen MR) is 126 cm³/mol. The first-order valence-electron chi connectivity index (χ1n) is 10.9. The second-order valence-electron chi connectivity index (χ2n) is 8.23. The minimum atomic E-state index is -0.908. The maximum atomic E-state index is 13.0. The Morgan fingerprint density at radius 2 is 1.94 bits per heavy atom. The van der Waals surface area contributed by atoms with Gasteiger partial charge in [-0.25, -0.2) is 4.52 Å². The number of benzene rings is 2. The number of rotatable bonds is 5. The Labute approximate surface area is 187 Å². The van der Waals surface area contributed by atoms with Crippen LogP contribution in [-0.4, -0.2) is 30.0 Å². The van der Waals surface area contributed by atoms with Crippen molar-refractivity contribution in [1.82, 2.24) is 14.6 Å². The second-order valence-corrected chi connectivity index (χ2v) is 9.95. The van der Waals surface area contributed by atoms with Crippen molar-refractivity contribution in [2.24, 2.45) is 0 Å². The van der Waals surface area contributed by atoms with Crippen LogP contribution in [0, 0.1) is 0 Å². The number of aromatic amines is 1. The monoisotopic (exact) mass is 448 g/mol. The molecule has 2 aromatic heterocycles. The number of hydrogen-bond donors (Lipinski definition) is 2. The minimum Gasteiger partial charge on any atom is -0.322 e. The van der Waals surface area contributed by atoms with Crippen LogP contribution in [0.4, 0.5) is 5.69 Å². The van der Waals surface area contributed by atoms with E-state index in [0.717, 1.165) is 31.2 Å². The lowest BCUT2D eigenvalue weighted by Crippen LogP contribution is -2.20. The van der Waals surface area contributed by atoms with Crippen LogP contribution in [-0.2, 0) is 16.6 Å². The highest BCUT2D eigenvalue weighted by Gasteiger charge is 2.20. The minimum absolute atomic E-state index is 0.269. The normalized spacial score (nSPS) is 15.8. The lowest BCUT2D eigenvalue weighted by molar-refractivity contribution is 0.102. The molecule has 1 fully saturated rings. The van der Waals surface area contributed by atoms with Crippen LogP contribution in [0.25, 0.3) is 16.6 Å². The fourth-order valence-electron chi connectivity index (χ4n) is 4.39. The average molecular weight is 449 g/mol. The molecule has 1 aliphatic rings. The van der Waals surface area contributed by atoms with Gasteiger partial charge in [0.2, 0.25) is 0 Å². The lowest BCUT2D eigenvalue weighted by atomic mass is 10.0. The average Bonchev–Trinajstić information content (AvgIpc) is 3.24. The van der Waals surface area contributed by atoms with Gasteiger partial charge in [0.05, 0.1) is 17.1 Å². The first-order chi connectivity index (χ1) is 15.6. The summed E-state index contributed by atoms with van der Waals surface area (Å²) in [4.78, 5) is 28.2. The Morgan fingerprint density at radius 3 is 2.78 bits per heavy atom. The van der Waals surface area contributed by atoms with Crippen LogP contribution in [0.3, 0.4) is 0 Å². The Bertz CT molecular complexity index is 1390. The summed E-state index contributed by atoms with van der Waals surface area (Å²) in [6, 6.07) is 14.6. The zero-order valence-electron chi connectivity index (χ0n) is 17.5. The van der Waals surface area contributed by atoms with E-state index in [0.29, 0.717) is 28.0 Å². The molecule has 0 spiro atoms. The molecule has 0 radical (unpaired) electrons. The number of fused-ring (bicyclic) bond motifs is 3. The number of hydrogen-bond acceptors (Lipinski definition) is 4. The lowest BCUT2D eigenvalue weighted by Gasteiger charge is -2.21. The fraction of sp³-hybridized carbons (Fsp3) is 0.292. The van der Waals surface area contributed by atoms with Gasteiger partial charge in [-0.3, -0.25) is 13.8 Å². The third-order valence-corrected chi connectivity index (χ3v) is 7.87. The van der Waals surface area contributed by atoms with E-state index in [1.54, 1.807) is 28.8 Å². The number of anilines is 1. The molecule has 4 aromatic rings. The van der Waals surface area contributed by atoms with E-state index < -0.39 is 10.8 Å². The molecule has 2 N–H and O–H groups in total. The Hall–Kier alpha value is -3.26. The van der Waals surface area contributed by atoms with Gasteiger partial charge in [-0.1, -0.05) is 43.5 Å². The topological polar surface area (TPSA) is 96.3 Å². The molecule has 8 heteroatoms. The molecule has 1 unspecified atom stereocenters. The van der Waals surface area contributed by atoms with Crippen LogP contribution in [0.15, 0.2) is 59.5 Å². The SMILES string of the molecule is O=C(Nc1cccc(CS(=O)C2CCCCC2)c1)c1cnn2c1[nH]c(=O)c1ccccc12. The van der Waals surface area contributed by atoms with Gasteiger partial charge in [-0.15, -0.1) is 0 Å². The molecule has 164 valence electrons. The van der Waals surface area contributed by atoms with Crippen LogP contribution >= 0.6 is 0 Å². The molecular formula is C24H24N4O3S. The number of aromatic nitrogens is 3. The van der Waals surface area contributed by atoms with Crippen molar-refractivity contribution in [2.75, 3.05) is 5.32 Å². The van der Waals surface area contributed by atoms with Crippen molar-refractivity contribution in [2.45, 2.75) is 43.1 Å². The highest BCUT2D eigenvalue weighted by Crippen LogP contribution is 2.24. The molecule has 1 amide bonds. The van der Waals surface area contributed by atoms with Crippen LogP contribution in [0.2, 0.25) is 0 Å². The number of nitrogens with one attached hydrogen (secondary N) is 2. The summed E-state index contributed by atoms with van der Waals surface area (Å²) >= 11 is 0. The third kappa shape index (κ3) is 3.98.